The first-order valence-electron chi connectivity index (χ1n) is 6.73. The van der Waals surface area contributed by atoms with Crippen LogP contribution < -0.4 is 10.5 Å². The van der Waals surface area contributed by atoms with Gasteiger partial charge in [0.2, 0.25) is 0 Å². The summed E-state index contributed by atoms with van der Waals surface area (Å²) >= 11 is 3.47. The van der Waals surface area contributed by atoms with Crippen LogP contribution in [0, 0.1) is 11.8 Å². The minimum absolute atomic E-state index is 0.343. The molecule has 1 saturated carbocycles. The van der Waals surface area contributed by atoms with Gasteiger partial charge in [-0.3, -0.25) is 0 Å². The number of halogens is 1. The Kier molecular flexibility index (Phi) is 4.68. The van der Waals surface area contributed by atoms with E-state index in [0.29, 0.717) is 12.6 Å². The molecular weight excluding hydrogens is 290 g/mol. The van der Waals surface area contributed by atoms with Crippen LogP contribution in [-0.4, -0.2) is 6.10 Å². The largest absolute Gasteiger partial charge is 0.490 e. The van der Waals surface area contributed by atoms with Crippen LogP contribution in [-0.2, 0) is 6.54 Å². The number of rotatable bonds is 3. The van der Waals surface area contributed by atoms with Crippen molar-refractivity contribution in [2.75, 3.05) is 0 Å². The third kappa shape index (κ3) is 3.48. The van der Waals surface area contributed by atoms with Crippen molar-refractivity contribution in [3.05, 3.63) is 28.2 Å². The molecule has 2 N–H and O–H groups in total. The molecule has 0 radical (unpaired) electrons. The molecule has 1 aromatic carbocycles. The average Bonchev–Trinajstić information content (AvgIpc) is 2.30. The molecule has 1 aromatic rings. The van der Waals surface area contributed by atoms with Gasteiger partial charge in [0, 0.05) is 16.6 Å². The fraction of sp³-hybridized carbons (Fsp3) is 0.600. The second-order valence-electron chi connectivity index (χ2n) is 5.61. The van der Waals surface area contributed by atoms with Gasteiger partial charge in [0.1, 0.15) is 5.75 Å². The quantitative estimate of drug-likeness (QED) is 0.911. The van der Waals surface area contributed by atoms with Crippen LogP contribution in [0.5, 0.6) is 5.75 Å². The number of ether oxygens (including phenoxy) is 1. The van der Waals surface area contributed by atoms with E-state index in [1.807, 2.05) is 18.2 Å². The molecule has 2 atom stereocenters. The highest BCUT2D eigenvalue weighted by Crippen LogP contribution is 2.32. The molecule has 0 aliphatic heterocycles. The third-order valence-electron chi connectivity index (χ3n) is 3.67. The lowest BCUT2D eigenvalue weighted by Crippen LogP contribution is -2.28. The normalized spacial score (nSPS) is 28.1. The summed E-state index contributed by atoms with van der Waals surface area (Å²) < 4.78 is 7.23. The molecule has 1 aliphatic carbocycles. The zero-order valence-corrected chi connectivity index (χ0v) is 12.7. The van der Waals surface area contributed by atoms with Crippen LogP contribution in [0.2, 0.25) is 0 Å². The van der Waals surface area contributed by atoms with E-state index in [1.165, 1.54) is 6.42 Å². The molecule has 100 valence electrons. The minimum Gasteiger partial charge on any atom is -0.490 e. The second kappa shape index (κ2) is 6.07. The summed E-state index contributed by atoms with van der Waals surface area (Å²) in [6, 6.07) is 6.09. The van der Waals surface area contributed by atoms with Crippen LogP contribution in [0.4, 0.5) is 0 Å². The molecule has 0 saturated heterocycles. The van der Waals surface area contributed by atoms with Gasteiger partial charge in [-0.2, -0.15) is 0 Å². The van der Waals surface area contributed by atoms with Crippen LogP contribution in [0.1, 0.15) is 38.7 Å². The van der Waals surface area contributed by atoms with E-state index in [4.69, 9.17) is 10.5 Å². The molecule has 0 amide bonds. The Morgan fingerprint density at radius 2 is 1.89 bits per heavy atom. The van der Waals surface area contributed by atoms with Crippen molar-refractivity contribution in [1.82, 2.24) is 0 Å². The summed E-state index contributed by atoms with van der Waals surface area (Å²) in [6.07, 6.45) is 3.98. The van der Waals surface area contributed by atoms with Gasteiger partial charge in [-0.1, -0.05) is 29.8 Å². The molecule has 0 bridgehead atoms. The van der Waals surface area contributed by atoms with Crippen molar-refractivity contribution in [3.8, 4) is 5.75 Å². The Balaban J connectivity index is 2.08. The predicted octanol–water partition coefficient (Wildman–Crippen LogP) is 4.11. The zero-order chi connectivity index (χ0) is 13.1. The molecule has 1 fully saturated rings. The van der Waals surface area contributed by atoms with E-state index in [2.05, 4.69) is 29.8 Å². The first kappa shape index (κ1) is 13.9. The number of hydrogen-bond donors (Lipinski definition) is 1. The smallest absolute Gasteiger partial charge is 0.124 e. The Bertz CT molecular complexity index is 397. The fourth-order valence-corrected chi connectivity index (χ4v) is 3.38. The Labute approximate surface area is 118 Å². The predicted molar refractivity (Wildman–Crippen MR) is 78.6 cm³/mol. The fourth-order valence-electron chi connectivity index (χ4n) is 2.97. The molecule has 2 unspecified atom stereocenters. The summed E-state index contributed by atoms with van der Waals surface area (Å²) in [7, 11) is 0. The van der Waals surface area contributed by atoms with Crippen LogP contribution in [0.25, 0.3) is 0 Å². The van der Waals surface area contributed by atoms with Crippen molar-refractivity contribution in [3.63, 3.8) is 0 Å². The summed E-state index contributed by atoms with van der Waals surface area (Å²) in [5, 5.41) is 0. The van der Waals surface area contributed by atoms with Gasteiger partial charge in [-0.25, -0.2) is 0 Å². The minimum atomic E-state index is 0.343. The van der Waals surface area contributed by atoms with E-state index in [0.717, 1.165) is 40.5 Å². The van der Waals surface area contributed by atoms with E-state index in [1.54, 1.807) is 0 Å². The van der Waals surface area contributed by atoms with Gasteiger partial charge in [0.05, 0.1) is 6.10 Å². The van der Waals surface area contributed by atoms with Gasteiger partial charge >= 0.3 is 0 Å². The van der Waals surface area contributed by atoms with Gasteiger partial charge in [0.25, 0.3) is 0 Å². The van der Waals surface area contributed by atoms with Gasteiger partial charge in [0.15, 0.2) is 0 Å². The first-order valence-corrected chi connectivity index (χ1v) is 7.53. The van der Waals surface area contributed by atoms with Crippen LogP contribution >= 0.6 is 15.9 Å². The van der Waals surface area contributed by atoms with Crippen molar-refractivity contribution in [2.45, 2.75) is 45.8 Å². The highest BCUT2D eigenvalue weighted by Gasteiger charge is 2.25. The highest BCUT2D eigenvalue weighted by atomic mass is 79.9. The van der Waals surface area contributed by atoms with Crippen LogP contribution in [0.15, 0.2) is 22.7 Å². The lowest BCUT2D eigenvalue weighted by Gasteiger charge is -2.32. The monoisotopic (exact) mass is 311 g/mol. The Morgan fingerprint density at radius 3 is 2.50 bits per heavy atom. The average molecular weight is 312 g/mol. The van der Waals surface area contributed by atoms with Crippen molar-refractivity contribution in [1.29, 1.82) is 0 Å². The van der Waals surface area contributed by atoms with E-state index in [9.17, 15) is 0 Å². The van der Waals surface area contributed by atoms with E-state index >= 15 is 0 Å². The molecule has 0 spiro atoms. The van der Waals surface area contributed by atoms with E-state index < -0.39 is 0 Å². The maximum atomic E-state index is 6.17. The summed E-state index contributed by atoms with van der Waals surface area (Å²) in [5.41, 5.74) is 6.86. The maximum absolute atomic E-state index is 6.17. The molecule has 2 rings (SSSR count). The topological polar surface area (TPSA) is 35.2 Å². The number of benzene rings is 1. The van der Waals surface area contributed by atoms with Crippen molar-refractivity contribution >= 4 is 15.9 Å². The molecule has 2 nitrogen and oxygen atoms in total. The Morgan fingerprint density at radius 1 is 1.22 bits per heavy atom. The lowest BCUT2D eigenvalue weighted by molar-refractivity contribution is 0.100. The lowest BCUT2D eigenvalue weighted by atomic mass is 9.82. The Hall–Kier alpha value is -0.540. The molecule has 0 heterocycles. The molecule has 3 heteroatoms. The first-order chi connectivity index (χ1) is 8.58. The standard InChI is InChI=1S/C15H22BrNO/c1-10-5-11(2)7-14(6-10)18-15-4-3-13(16)8-12(15)9-17/h3-4,8,10-11,14H,5-7,9,17H2,1-2H3. The maximum Gasteiger partial charge on any atom is 0.124 e. The number of hydrogen-bond acceptors (Lipinski definition) is 2. The molecule has 0 aromatic heterocycles. The second-order valence-corrected chi connectivity index (χ2v) is 6.53. The highest BCUT2D eigenvalue weighted by molar-refractivity contribution is 9.10. The van der Waals surface area contributed by atoms with E-state index in [-0.39, 0.29) is 0 Å². The van der Waals surface area contributed by atoms with Gasteiger partial charge in [-0.05, 0) is 49.3 Å². The van der Waals surface area contributed by atoms with Gasteiger partial charge < -0.3 is 10.5 Å². The van der Waals surface area contributed by atoms with Gasteiger partial charge in [-0.15, -0.1) is 0 Å². The summed E-state index contributed by atoms with van der Waals surface area (Å²) in [4.78, 5) is 0. The number of nitrogens with two attached hydrogens (primary N) is 1. The molecular formula is C15H22BrNO. The summed E-state index contributed by atoms with van der Waals surface area (Å²) in [6.45, 7) is 5.15. The molecule has 18 heavy (non-hydrogen) atoms. The summed E-state index contributed by atoms with van der Waals surface area (Å²) in [5.74, 6) is 2.47. The van der Waals surface area contributed by atoms with Crippen molar-refractivity contribution < 1.29 is 4.74 Å². The molecule has 1 aliphatic rings. The zero-order valence-electron chi connectivity index (χ0n) is 11.2. The third-order valence-corrected chi connectivity index (χ3v) is 4.16. The van der Waals surface area contributed by atoms with Crippen LogP contribution in [0.3, 0.4) is 0 Å². The SMILES string of the molecule is CC1CC(C)CC(Oc2ccc(Br)cc2CN)C1. The van der Waals surface area contributed by atoms with Crippen molar-refractivity contribution in [2.24, 2.45) is 17.6 Å².